The maximum atomic E-state index is 11.8. The van der Waals surface area contributed by atoms with Crippen LogP contribution >= 0.6 is 0 Å². The highest BCUT2D eigenvalue weighted by Gasteiger charge is 2.27. The normalized spacial score (nSPS) is 11.6. The lowest BCUT2D eigenvalue weighted by molar-refractivity contribution is -0.138. The summed E-state index contributed by atoms with van der Waals surface area (Å²) in [5, 5.41) is 8.54. The van der Waals surface area contributed by atoms with Gasteiger partial charge in [0.25, 0.3) is 0 Å². The Labute approximate surface area is 96.6 Å². The predicted molar refractivity (Wildman–Crippen MR) is 55.4 cm³/mol. The van der Waals surface area contributed by atoms with E-state index in [-0.39, 0.29) is 6.42 Å². The van der Waals surface area contributed by atoms with Gasteiger partial charge in [0.05, 0.1) is 5.69 Å². The first-order chi connectivity index (χ1) is 7.79. The van der Waals surface area contributed by atoms with Gasteiger partial charge >= 0.3 is 6.18 Å². The molecule has 0 aliphatic rings. The Kier molecular flexibility index (Phi) is 4.14. The van der Waals surface area contributed by atoms with Gasteiger partial charge in [-0.15, -0.1) is 0 Å². The number of carbonyl (C=O) groups excluding carboxylic acids is 1. The van der Waals surface area contributed by atoms with Crippen LogP contribution in [0.4, 0.5) is 13.2 Å². The second-order valence-corrected chi connectivity index (χ2v) is 3.81. The monoisotopic (exact) mass is 249 g/mol. The summed E-state index contributed by atoms with van der Waals surface area (Å²) in [6, 6.07) is 0. The number of H-pyrrole nitrogens is 1. The van der Waals surface area contributed by atoms with Crippen LogP contribution in [0.15, 0.2) is 0 Å². The zero-order valence-electron chi connectivity index (χ0n) is 9.61. The van der Waals surface area contributed by atoms with Crippen molar-refractivity contribution in [1.82, 2.24) is 15.5 Å². The highest BCUT2D eigenvalue weighted by molar-refractivity contribution is 5.76. The lowest BCUT2D eigenvalue weighted by Gasteiger charge is -2.07. The Morgan fingerprint density at radius 3 is 2.53 bits per heavy atom. The minimum Gasteiger partial charge on any atom is -0.347 e. The Bertz CT molecular complexity index is 398. The summed E-state index contributed by atoms with van der Waals surface area (Å²) in [5.41, 5.74) is 2.55. The summed E-state index contributed by atoms with van der Waals surface area (Å²) in [7, 11) is 0. The van der Waals surface area contributed by atoms with Crippen molar-refractivity contribution < 1.29 is 18.0 Å². The molecule has 2 N–H and O–H groups in total. The van der Waals surface area contributed by atoms with E-state index < -0.39 is 18.6 Å². The van der Waals surface area contributed by atoms with Gasteiger partial charge in [0.2, 0.25) is 5.91 Å². The fourth-order valence-corrected chi connectivity index (χ4v) is 1.30. The fraction of sp³-hybridized carbons (Fsp3) is 0.600. The number of halogens is 3. The average molecular weight is 249 g/mol. The van der Waals surface area contributed by atoms with Crippen LogP contribution in [0.1, 0.15) is 23.4 Å². The molecular formula is C10H14F3N3O. The van der Waals surface area contributed by atoms with Gasteiger partial charge < -0.3 is 5.32 Å². The zero-order chi connectivity index (χ0) is 13.1. The van der Waals surface area contributed by atoms with Crippen molar-refractivity contribution in [3.8, 4) is 0 Å². The number of aromatic amines is 1. The Morgan fingerprint density at radius 1 is 1.41 bits per heavy atom. The largest absolute Gasteiger partial charge is 0.405 e. The first-order valence-electron chi connectivity index (χ1n) is 5.13. The van der Waals surface area contributed by atoms with Crippen LogP contribution in [0.5, 0.6) is 0 Å². The van der Waals surface area contributed by atoms with Gasteiger partial charge in [-0.1, -0.05) is 0 Å². The number of nitrogens with zero attached hydrogens (tertiary/aromatic N) is 1. The predicted octanol–water partition coefficient (Wildman–Crippen LogP) is 1.64. The lowest BCUT2D eigenvalue weighted by Crippen LogP contribution is -2.33. The summed E-state index contributed by atoms with van der Waals surface area (Å²) >= 11 is 0. The minimum absolute atomic E-state index is 0.00120. The van der Waals surface area contributed by atoms with Gasteiger partial charge in [-0.2, -0.15) is 18.3 Å². The van der Waals surface area contributed by atoms with E-state index in [1.165, 1.54) is 0 Å². The molecule has 4 nitrogen and oxygen atoms in total. The zero-order valence-corrected chi connectivity index (χ0v) is 9.61. The molecule has 0 fully saturated rings. The van der Waals surface area contributed by atoms with Gasteiger partial charge in [-0.05, 0) is 19.4 Å². The standard InChI is InChI=1S/C10H14F3N3O/c1-6-7(2)15-16-8(6)3-4-9(17)14-5-10(11,12)13/h3-5H2,1-2H3,(H,14,17)(H,15,16). The van der Waals surface area contributed by atoms with Crippen LogP contribution < -0.4 is 5.32 Å². The quantitative estimate of drug-likeness (QED) is 0.852. The first kappa shape index (κ1) is 13.5. The molecule has 96 valence electrons. The van der Waals surface area contributed by atoms with Gasteiger partial charge in [0, 0.05) is 18.5 Å². The molecule has 0 saturated carbocycles. The first-order valence-corrected chi connectivity index (χ1v) is 5.13. The molecule has 0 saturated heterocycles. The molecule has 0 radical (unpaired) electrons. The molecule has 1 aromatic rings. The van der Waals surface area contributed by atoms with Crippen molar-refractivity contribution in [2.45, 2.75) is 32.9 Å². The van der Waals surface area contributed by atoms with E-state index in [4.69, 9.17) is 0 Å². The van der Waals surface area contributed by atoms with E-state index in [2.05, 4.69) is 10.2 Å². The third kappa shape index (κ3) is 4.46. The maximum Gasteiger partial charge on any atom is 0.405 e. The van der Waals surface area contributed by atoms with E-state index in [1.807, 2.05) is 19.2 Å². The molecule has 1 aromatic heterocycles. The highest BCUT2D eigenvalue weighted by atomic mass is 19.4. The van der Waals surface area contributed by atoms with E-state index in [9.17, 15) is 18.0 Å². The van der Waals surface area contributed by atoms with Crippen LogP contribution in [0.3, 0.4) is 0 Å². The van der Waals surface area contributed by atoms with E-state index >= 15 is 0 Å². The third-order valence-corrected chi connectivity index (χ3v) is 2.43. The van der Waals surface area contributed by atoms with Crippen molar-refractivity contribution >= 4 is 5.91 Å². The number of rotatable bonds is 4. The molecule has 1 rings (SSSR count). The van der Waals surface area contributed by atoms with Crippen LogP contribution in [-0.2, 0) is 11.2 Å². The number of hydrogen-bond acceptors (Lipinski definition) is 2. The Balaban J connectivity index is 2.36. The number of amides is 1. The second-order valence-electron chi connectivity index (χ2n) is 3.81. The van der Waals surface area contributed by atoms with Gasteiger partial charge in [0.1, 0.15) is 6.54 Å². The molecule has 1 heterocycles. The topological polar surface area (TPSA) is 57.8 Å². The van der Waals surface area contributed by atoms with Crippen molar-refractivity contribution in [2.75, 3.05) is 6.54 Å². The molecule has 1 amide bonds. The Morgan fingerprint density at radius 2 is 2.06 bits per heavy atom. The summed E-state index contributed by atoms with van der Waals surface area (Å²) in [5.74, 6) is -0.623. The molecule has 0 spiro atoms. The van der Waals surface area contributed by atoms with Crippen molar-refractivity contribution in [1.29, 1.82) is 0 Å². The number of carbonyl (C=O) groups is 1. The second kappa shape index (κ2) is 5.20. The molecule has 0 aliphatic heterocycles. The number of hydrogen-bond donors (Lipinski definition) is 2. The van der Waals surface area contributed by atoms with Crippen LogP contribution in [0.25, 0.3) is 0 Å². The molecule has 0 aromatic carbocycles. The van der Waals surface area contributed by atoms with Crippen LogP contribution in [0.2, 0.25) is 0 Å². The molecule has 0 unspecified atom stereocenters. The summed E-state index contributed by atoms with van der Waals surface area (Å²) in [6.45, 7) is 2.40. The molecule has 0 atom stereocenters. The SMILES string of the molecule is Cc1[nH]nc(CCC(=O)NCC(F)(F)F)c1C. The molecule has 17 heavy (non-hydrogen) atoms. The van der Waals surface area contributed by atoms with E-state index in [0.29, 0.717) is 12.1 Å². The van der Waals surface area contributed by atoms with Gasteiger partial charge in [-0.3, -0.25) is 9.89 Å². The number of aryl methyl sites for hydroxylation is 2. The lowest BCUT2D eigenvalue weighted by atomic mass is 10.1. The number of nitrogens with one attached hydrogen (secondary N) is 2. The summed E-state index contributed by atoms with van der Waals surface area (Å²) in [6.07, 6.45) is -4.03. The van der Waals surface area contributed by atoms with Crippen molar-refractivity contribution in [2.24, 2.45) is 0 Å². The average Bonchev–Trinajstić information content (AvgIpc) is 2.53. The minimum atomic E-state index is -4.37. The molecular weight excluding hydrogens is 235 g/mol. The molecule has 0 aliphatic carbocycles. The fourth-order valence-electron chi connectivity index (χ4n) is 1.30. The van der Waals surface area contributed by atoms with Gasteiger partial charge in [-0.25, -0.2) is 0 Å². The summed E-state index contributed by atoms with van der Waals surface area (Å²) in [4.78, 5) is 11.1. The van der Waals surface area contributed by atoms with E-state index in [0.717, 1.165) is 11.3 Å². The third-order valence-electron chi connectivity index (χ3n) is 2.43. The molecule has 7 heteroatoms. The Hall–Kier alpha value is -1.53. The molecule has 0 bridgehead atoms. The van der Waals surface area contributed by atoms with Crippen molar-refractivity contribution in [3.05, 3.63) is 17.0 Å². The number of aromatic nitrogens is 2. The van der Waals surface area contributed by atoms with Gasteiger partial charge in [0.15, 0.2) is 0 Å². The van der Waals surface area contributed by atoms with Crippen molar-refractivity contribution in [3.63, 3.8) is 0 Å². The van der Waals surface area contributed by atoms with Crippen LogP contribution in [0, 0.1) is 13.8 Å². The smallest absolute Gasteiger partial charge is 0.347 e. The van der Waals surface area contributed by atoms with E-state index in [1.54, 1.807) is 0 Å². The highest BCUT2D eigenvalue weighted by Crippen LogP contribution is 2.13. The number of alkyl halides is 3. The summed E-state index contributed by atoms with van der Waals surface area (Å²) < 4.78 is 35.4. The van der Waals surface area contributed by atoms with Crippen LogP contribution in [-0.4, -0.2) is 28.8 Å². The maximum absolute atomic E-state index is 11.8.